The van der Waals surface area contributed by atoms with E-state index in [1.807, 2.05) is 0 Å². The molecule has 0 rings (SSSR count). The highest BCUT2D eigenvalue weighted by Crippen LogP contribution is 1.62. The van der Waals surface area contributed by atoms with Gasteiger partial charge >= 0.3 is 0 Å². The van der Waals surface area contributed by atoms with E-state index in [2.05, 4.69) is 19.7 Å². The van der Waals surface area contributed by atoms with Crippen LogP contribution in [0, 0.1) is 5.41 Å². The minimum Gasteiger partial charge on any atom is -0.306 e. The van der Waals surface area contributed by atoms with E-state index < -0.39 is 0 Å². The van der Waals surface area contributed by atoms with Gasteiger partial charge in [-0.15, -0.1) is 13.2 Å². The van der Waals surface area contributed by atoms with Crippen LogP contribution in [0.3, 0.4) is 0 Å². The lowest BCUT2D eigenvalue weighted by Gasteiger charge is -1.69. The van der Waals surface area contributed by atoms with Crippen LogP contribution in [-0.2, 0) is 0 Å². The monoisotopic (exact) mass is 97.1 g/mol. The summed E-state index contributed by atoms with van der Waals surface area (Å²) >= 11 is 0. The third kappa shape index (κ3) is 38.6. The van der Waals surface area contributed by atoms with E-state index in [1.54, 1.807) is 6.92 Å². The Morgan fingerprint density at radius 2 is 1.71 bits per heavy atom. The van der Waals surface area contributed by atoms with E-state index in [0.717, 1.165) is 0 Å². The first-order valence-corrected chi connectivity index (χ1v) is 1.95. The number of hydrogen-bond donors (Lipinski definition) is 1. The molecule has 0 amide bonds. The number of hydrogen-bond acceptors (Lipinski definition) is 1. The Labute approximate surface area is 44.9 Å². The molecule has 0 bridgehead atoms. The van der Waals surface area contributed by atoms with Crippen molar-refractivity contribution in [3.05, 3.63) is 25.8 Å². The molecule has 0 fully saturated rings. The van der Waals surface area contributed by atoms with Crippen molar-refractivity contribution >= 4 is 5.71 Å². The summed E-state index contributed by atoms with van der Waals surface area (Å²) in [5.74, 6) is 0. The Hall–Kier alpha value is -0.850. The van der Waals surface area contributed by atoms with Crippen molar-refractivity contribution in [1.82, 2.24) is 0 Å². The van der Waals surface area contributed by atoms with E-state index in [4.69, 9.17) is 5.41 Å². The van der Waals surface area contributed by atoms with E-state index >= 15 is 0 Å². The fourth-order valence-corrected chi connectivity index (χ4v) is 0. The van der Waals surface area contributed by atoms with E-state index in [-0.39, 0.29) is 0 Å². The predicted octanol–water partition coefficient (Wildman–Crippen LogP) is 2.01. The van der Waals surface area contributed by atoms with Gasteiger partial charge in [-0.1, -0.05) is 6.58 Å². The second kappa shape index (κ2) is 8.94. The molecule has 0 unspecified atom stereocenters. The Balaban J connectivity index is 0. The van der Waals surface area contributed by atoms with Crippen LogP contribution in [0.15, 0.2) is 25.8 Å². The van der Waals surface area contributed by atoms with Crippen LogP contribution in [0.5, 0.6) is 0 Å². The number of allylic oxidation sites excluding steroid dienone is 1. The van der Waals surface area contributed by atoms with Gasteiger partial charge in [-0.2, -0.15) is 0 Å². The Morgan fingerprint density at radius 3 is 1.71 bits per heavy atom. The molecule has 0 saturated carbocycles. The highest BCUT2D eigenvalue weighted by molar-refractivity contribution is 5.89. The molecule has 0 aromatic heterocycles. The van der Waals surface area contributed by atoms with Gasteiger partial charge in [0, 0.05) is 5.71 Å². The van der Waals surface area contributed by atoms with Crippen LogP contribution >= 0.6 is 0 Å². The Bertz CT molecular complexity index is 64.6. The normalized spacial score (nSPS) is 5.29. The molecule has 0 radical (unpaired) electrons. The van der Waals surface area contributed by atoms with Crippen molar-refractivity contribution in [2.45, 2.75) is 6.92 Å². The molecular weight excluding hydrogens is 86.1 g/mol. The first-order valence-electron chi connectivity index (χ1n) is 1.95. The molecule has 0 heterocycles. The Kier molecular flexibility index (Phi) is 12.1. The molecule has 0 atom stereocenters. The van der Waals surface area contributed by atoms with Crippen LogP contribution in [0.4, 0.5) is 0 Å². The van der Waals surface area contributed by atoms with Crippen molar-refractivity contribution in [3.63, 3.8) is 0 Å². The lowest BCUT2D eigenvalue weighted by atomic mass is 10.4. The lowest BCUT2D eigenvalue weighted by Crippen LogP contribution is -1.72. The van der Waals surface area contributed by atoms with Gasteiger partial charge in [0.1, 0.15) is 0 Å². The number of rotatable bonds is 1. The minimum atomic E-state index is 0.519. The van der Waals surface area contributed by atoms with Crippen LogP contribution in [-0.4, -0.2) is 5.71 Å². The van der Waals surface area contributed by atoms with Gasteiger partial charge in [0.2, 0.25) is 0 Å². The molecule has 0 aromatic rings. The maximum atomic E-state index is 6.62. The molecule has 0 aliphatic heterocycles. The van der Waals surface area contributed by atoms with Gasteiger partial charge in [-0.05, 0) is 13.0 Å². The molecule has 0 spiro atoms. The van der Waals surface area contributed by atoms with Crippen molar-refractivity contribution in [2.24, 2.45) is 0 Å². The summed E-state index contributed by atoms with van der Waals surface area (Å²) in [7, 11) is 0. The standard InChI is InChI=1S/C4H7N.C2H4/c1-3-4(2)5;1-2/h3,5H,1H2,2H3;1-2H2. The summed E-state index contributed by atoms with van der Waals surface area (Å²) in [5.41, 5.74) is 0.519. The molecule has 40 valence electrons. The SMILES string of the molecule is C=C.C=CC(C)=N. The fourth-order valence-electron chi connectivity index (χ4n) is 0. The smallest absolute Gasteiger partial charge is 0.0277 e. The largest absolute Gasteiger partial charge is 0.306 e. The van der Waals surface area contributed by atoms with E-state index in [9.17, 15) is 0 Å². The summed E-state index contributed by atoms with van der Waals surface area (Å²) in [5, 5.41) is 6.62. The molecule has 1 nitrogen and oxygen atoms in total. The summed E-state index contributed by atoms with van der Waals surface area (Å²) < 4.78 is 0. The topological polar surface area (TPSA) is 23.9 Å². The summed E-state index contributed by atoms with van der Waals surface area (Å²) in [6.45, 7) is 11.0. The molecule has 1 N–H and O–H groups in total. The van der Waals surface area contributed by atoms with Crippen LogP contribution in [0.2, 0.25) is 0 Å². The maximum absolute atomic E-state index is 6.62. The van der Waals surface area contributed by atoms with Gasteiger partial charge in [0.15, 0.2) is 0 Å². The van der Waals surface area contributed by atoms with Crippen LogP contribution in [0.1, 0.15) is 6.92 Å². The van der Waals surface area contributed by atoms with Crippen LogP contribution < -0.4 is 0 Å². The number of nitrogens with one attached hydrogen (secondary N) is 1. The quantitative estimate of drug-likeness (QED) is 0.382. The third-order valence-electron chi connectivity index (χ3n) is 0.306. The second-order valence-corrected chi connectivity index (χ2v) is 0.887. The van der Waals surface area contributed by atoms with Crippen molar-refractivity contribution in [2.75, 3.05) is 0 Å². The molecule has 0 saturated heterocycles. The maximum Gasteiger partial charge on any atom is 0.0277 e. The molecule has 1 heteroatoms. The third-order valence-corrected chi connectivity index (χ3v) is 0.306. The Morgan fingerprint density at radius 1 is 1.57 bits per heavy atom. The summed E-state index contributed by atoms with van der Waals surface area (Å²) in [6, 6.07) is 0. The van der Waals surface area contributed by atoms with Crippen molar-refractivity contribution in [3.8, 4) is 0 Å². The van der Waals surface area contributed by atoms with Crippen molar-refractivity contribution in [1.29, 1.82) is 5.41 Å². The predicted molar refractivity (Wildman–Crippen MR) is 34.9 cm³/mol. The molecule has 0 aliphatic rings. The van der Waals surface area contributed by atoms with E-state index in [1.165, 1.54) is 6.08 Å². The highest BCUT2D eigenvalue weighted by Gasteiger charge is 1.62. The summed E-state index contributed by atoms with van der Waals surface area (Å²) in [6.07, 6.45) is 1.50. The lowest BCUT2D eigenvalue weighted by molar-refractivity contribution is 1.50. The van der Waals surface area contributed by atoms with Gasteiger partial charge in [0.25, 0.3) is 0 Å². The molecular formula is C6H11N. The zero-order chi connectivity index (χ0) is 6.28. The fraction of sp³-hybridized carbons (Fsp3) is 0.167. The van der Waals surface area contributed by atoms with Gasteiger partial charge in [-0.25, -0.2) is 0 Å². The zero-order valence-corrected chi connectivity index (χ0v) is 4.70. The molecule has 0 aromatic carbocycles. The molecule has 0 aliphatic carbocycles. The second-order valence-electron chi connectivity index (χ2n) is 0.887. The average molecular weight is 97.2 g/mol. The van der Waals surface area contributed by atoms with Gasteiger partial charge in [0.05, 0.1) is 0 Å². The zero-order valence-electron chi connectivity index (χ0n) is 4.70. The van der Waals surface area contributed by atoms with E-state index in [0.29, 0.717) is 5.71 Å². The highest BCUT2D eigenvalue weighted by atomic mass is 14.4. The first-order chi connectivity index (χ1) is 3.27. The first kappa shape index (κ1) is 9.47. The van der Waals surface area contributed by atoms with Crippen LogP contribution in [0.25, 0.3) is 0 Å². The minimum absolute atomic E-state index is 0.519. The van der Waals surface area contributed by atoms with Gasteiger partial charge < -0.3 is 5.41 Å². The molecule has 7 heavy (non-hydrogen) atoms. The van der Waals surface area contributed by atoms with Gasteiger partial charge in [-0.3, -0.25) is 0 Å². The average Bonchev–Trinajstić information content (AvgIpc) is 1.73. The van der Waals surface area contributed by atoms with Crippen molar-refractivity contribution < 1.29 is 0 Å². The summed E-state index contributed by atoms with van der Waals surface area (Å²) in [4.78, 5) is 0.